The second-order valence-corrected chi connectivity index (χ2v) is 3.96. The van der Waals surface area contributed by atoms with Gasteiger partial charge < -0.3 is 10.6 Å². The summed E-state index contributed by atoms with van der Waals surface area (Å²) in [6.45, 7) is 5.67. The Hall–Kier alpha value is -0.780. The van der Waals surface area contributed by atoms with Gasteiger partial charge in [-0.2, -0.15) is 5.10 Å². The molecule has 0 unspecified atom stereocenters. The summed E-state index contributed by atoms with van der Waals surface area (Å²) in [6, 6.07) is 0.308. The van der Waals surface area contributed by atoms with Gasteiger partial charge in [0.25, 0.3) is 0 Å². The van der Waals surface area contributed by atoms with E-state index in [0.717, 1.165) is 12.1 Å². The molecule has 5 nitrogen and oxygen atoms in total. The number of nitrogens with one attached hydrogen (secondary N) is 2. The van der Waals surface area contributed by atoms with Gasteiger partial charge >= 0.3 is 0 Å². The van der Waals surface area contributed by atoms with Gasteiger partial charge in [-0.1, -0.05) is 6.92 Å². The zero-order valence-corrected chi connectivity index (χ0v) is 12.6. The highest BCUT2D eigenvalue weighted by atomic mass is 35.5. The number of aromatic nitrogens is 2. The topological polar surface area (TPSA) is 58.9 Å². The molecule has 0 spiro atoms. The highest BCUT2D eigenvalue weighted by molar-refractivity contribution is 5.85. The predicted molar refractivity (Wildman–Crippen MR) is 77.6 cm³/mol. The van der Waals surface area contributed by atoms with Crippen molar-refractivity contribution in [1.29, 1.82) is 0 Å². The van der Waals surface area contributed by atoms with Crippen LogP contribution in [0, 0.1) is 0 Å². The average molecular weight is 297 g/mol. The summed E-state index contributed by atoms with van der Waals surface area (Å²) in [5, 5.41) is 10.1. The fourth-order valence-electron chi connectivity index (χ4n) is 1.50. The van der Waals surface area contributed by atoms with Crippen molar-refractivity contribution in [1.82, 2.24) is 20.4 Å². The lowest BCUT2D eigenvalue weighted by Gasteiger charge is -2.12. The molecule has 106 valence electrons. The lowest BCUT2D eigenvalue weighted by molar-refractivity contribution is -0.120. The summed E-state index contributed by atoms with van der Waals surface area (Å²) in [5.74, 6) is 0.0396. The van der Waals surface area contributed by atoms with Crippen LogP contribution >= 0.6 is 24.8 Å². The molecule has 2 N–H and O–H groups in total. The summed E-state index contributed by atoms with van der Waals surface area (Å²) in [4.78, 5) is 11.6. The van der Waals surface area contributed by atoms with Gasteiger partial charge in [-0.3, -0.25) is 9.48 Å². The van der Waals surface area contributed by atoms with Crippen LogP contribution in [0.1, 0.15) is 19.4 Å². The van der Waals surface area contributed by atoms with Crippen LogP contribution in [0.15, 0.2) is 12.4 Å². The Bertz CT molecular complexity index is 344. The van der Waals surface area contributed by atoms with E-state index in [9.17, 15) is 4.79 Å². The third kappa shape index (κ3) is 7.53. The molecule has 0 bridgehead atoms. The fraction of sp³-hybridized carbons (Fsp3) is 0.636. The maximum Gasteiger partial charge on any atom is 0.224 e. The van der Waals surface area contributed by atoms with Crippen molar-refractivity contribution in [3.8, 4) is 0 Å². The van der Waals surface area contributed by atoms with Gasteiger partial charge in [0.15, 0.2) is 0 Å². The second-order valence-electron chi connectivity index (χ2n) is 3.96. The predicted octanol–water partition coefficient (Wildman–Crippen LogP) is 0.920. The molecular formula is C11H22Cl2N4O. The van der Waals surface area contributed by atoms with Crippen molar-refractivity contribution < 1.29 is 4.79 Å². The van der Waals surface area contributed by atoms with Gasteiger partial charge in [-0.15, -0.1) is 24.8 Å². The molecule has 0 radical (unpaired) electrons. The van der Waals surface area contributed by atoms with Crippen molar-refractivity contribution in [2.24, 2.45) is 7.05 Å². The maximum absolute atomic E-state index is 11.6. The Kier molecular flexibility index (Phi) is 11.1. The van der Waals surface area contributed by atoms with Gasteiger partial charge in [-0.25, -0.2) is 0 Å². The van der Waals surface area contributed by atoms with Crippen LogP contribution in [-0.2, 0) is 18.3 Å². The largest absolute Gasteiger partial charge is 0.354 e. The smallest absolute Gasteiger partial charge is 0.224 e. The fourth-order valence-corrected chi connectivity index (χ4v) is 1.50. The third-order valence-electron chi connectivity index (χ3n) is 2.28. The van der Waals surface area contributed by atoms with Crippen molar-refractivity contribution in [2.45, 2.75) is 26.3 Å². The first kappa shape index (κ1) is 19.6. The molecule has 1 aromatic rings. The van der Waals surface area contributed by atoms with E-state index >= 15 is 0 Å². The first-order chi connectivity index (χ1) is 7.61. The molecule has 0 aliphatic heterocycles. The highest BCUT2D eigenvalue weighted by Gasteiger charge is 2.06. The number of nitrogens with zero attached hydrogens (tertiary/aromatic N) is 2. The van der Waals surface area contributed by atoms with Crippen LogP contribution < -0.4 is 10.6 Å². The Morgan fingerprint density at radius 3 is 2.67 bits per heavy atom. The van der Waals surface area contributed by atoms with E-state index in [1.165, 1.54) is 0 Å². The quantitative estimate of drug-likeness (QED) is 0.821. The number of carbonyl (C=O) groups is 1. The minimum Gasteiger partial charge on any atom is -0.354 e. The molecule has 0 saturated carbocycles. The standard InChI is InChI=1S/C11H20N4O.2ClH/c1-4-12-9(2)6-13-11(16)5-10-7-14-15(3)8-10;;/h7-9,12H,4-6H2,1-3H3,(H,13,16);2*1H/t9-;;/m1../s1. The Balaban J connectivity index is 0. The van der Waals surface area contributed by atoms with E-state index < -0.39 is 0 Å². The highest BCUT2D eigenvalue weighted by Crippen LogP contribution is 1.97. The van der Waals surface area contributed by atoms with Crippen molar-refractivity contribution >= 4 is 30.7 Å². The number of hydrogen-bond acceptors (Lipinski definition) is 3. The number of rotatable bonds is 6. The maximum atomic E-state index is 11.6. The molecule has 0 aliphatic carbocycles. The first-order valence-corrected chi connectivity index (χ1v) is 5.59. The normalized spacial score (nSPS) is 11.1. The van der Waals surface area contributed by atoms with E-state index in [-0.39, 0.29) is 30.7 Å². The van der Waals surface area contributed by atoms with Gasteiger partial charge in [0.05, 0.1) is 12.6 Å². The SMILES string of the molecule is CCN[C@H](C)CNC(=O)Cc1cnn(C)c1.Cl.Cl. The van der Waals surface area contributed by atoms with Crippen LogP contribution in [0.3, 0.4) is 0 Å². The van der Waals surface area contributed by atoms with Gasteiger partial charge in [0.2, 0.25) is 5.91 Å². The lowest BCUT2D eigenvalue weighted by atomic mass is 10.2. The molecule has 0 saturated heterocycles. The molecular weight excluding hydrogens is 275 g/mol. The second kappa shape index (κ2) is 10.2. The zero-order valence-electron chi connectivity index (χ0n) is 11.0. The molecule has 1 heterocycles. The number of hydrogen-bond donors (Lipinski definition) is 2. The zero-order chi connectivity index (χ0) is 12.0. The molecule has 1 rings (SSSR count). The number of halogens is 2. The summed E-state index contributed by atoms with van der Waals surface area (Å²) in [5.41, 5.74) is 0.941. The first-order valence-electron chi connectivity index (χ1n) is 5.59. The Morgan fingerprint density at radius 2 is 2.17 bits per heavy atom. The van der Waals surface area contributed by atoms with Crippen LogP contribution in [0.2, 0.25) is 0 Å². The van der Waals surface area contributed by atoms with Gasteiger partial charge in [0.1, 0.15) is 0 Å². The monoisotopic (exact) mass is 296 g/mol. The van der Waals surface area contributed by atoms with Crippen LogP contribution in [-0.4, -0.2) is 34.8 Å². The number of carbonyl (C=O) groups excluding carboxylic acids is 1. The average Bonchev–Trinajstić information content (AvgIpc) is 2.61. The van der Waals surface area contributed by atoms with Crippen LogP contribution in [0.25, 0.3) is 0 Å². The van der Waals surface area contributed by atoms with Crippen LogP contribution in [0.4, 0.5) is 0 Å². The van der Waals surface area contributed by atoms with Crippen molar-refractivity contribution in [3.05, 3.63) is 18.0 Å². The Labute approximate surface area is 121 Å². The Morgan fingerprint density at radius 1 is 1.50 bits per heavy atom. The van der Waals surface area contributed by atoms with E-state index in [0.29, 0.717) is 19.0 Å². The summed E-state index contributed by atoms with van der Waals surface area (Å²) in [6.07, 6.45) is 3.97. The molecule has 1 amide bonds. The molecule has 1 aromatic heterocycles. The summed E-state index contributed by atoms with van der Waals surface area (Å²) >= 11 is 0. The van der Waals surface area contributed by atoms with Crippen molar-refractivity contribution in [2.75, 3.05) is 13.1 Å². The van der Waals surface area contributed by atoms with E-state index in [1.807, 2.05) is 27.1 Å². The lowest BCUT2D eigenvalue weighted by Crippen LogP contribution is -2.39. The summed E-state index contributed by atoms with van der Waals surface area (Å²) < 4.78 is 1.70. The van der Waals surface area contributed by atoms with E-state index in [4.69, 9.17) is 0 Å². The minimum absolute atomic E-state index is 0. The molecule has 0 aromatic carbocycles. The summed E-state index contributed by atoms with van der Waals surface area (Å²) in [7, 11) is 1.84. The number of amides is 1. The number of aryl methyl sites for hydroxylation is 1. The van der Waals surface area contributed by atoms with Gasteiger partial charge in [-0.05, 0) is 19.0 Å². The number of likely N-dealkylation sites (N-methyl/N-ethyl adjacent to an activating group) is 1. The minimum atomic E-state index is 0. The van der Waals surface area contributed by atoms with Gasteiger partial charge in [0, 0.05) is 25.8 Å². The molecule has 0 fully saturated rings. The third-order valence-corrected chi connectivity index (χ3v) is 2.28. The molecule has 1 atom stereocenters. The van der Waals surface area contributed by atoms with Crippen LogP contribution in [0.5, 0.6) is 0 Å². The molecule has 0 aliphatic rings. The van der Waals surface area contributed by atoms with Crippen molar-refractivity contribution in [3.63, 3.8) is 0 Å². The van der Waals surface area contributed by atoms with E-state index in [2.05, 4.69) is 15.7 Å². The molecule has 7 heteroatoms. The van der Waals surface area contributed by atoms with E-state index in [1.54, 1.807) is 10.9 Å². The molecule has 18 heavy (non-hydrogen) atoms.